The van der Waals surface area contributed by atoms with Crippen molar-refractivity contribution in [2.45, 2.75) is 217 Å². The van der Waals surface area contributed by atoms with E-state index in [0.717, 1.165) is 65.6 Å². The van der Waals surface area contributed by atoms with Crippen molar-refractivity contribution < 1.29 is 102 Å². The molecule has 6 aliphatic rings. The summed E-state index contributed by atoms with van der Waals surface area (Å²) < 4.78 is 126. The number of allylic oxidation sites excluding steroid dienone is 1. The van der Waals surface area contributed by atoms with E-state index in [4.69, 9.17) is 9.47 Å². The number of carbonyl (C=O) groups is 12. The Hall–Kier alpha value is -8.82. The third kappa shape index (κ3) is 21.1. The van der Waals surface area contributed by atoms with Crippen molar-refractivity contribution in [3.8, 4) is 0 Å². The lowest BCUT2D eigenvalue weighted by Gasteiger charge is -2.47. The first-order chi connectivity index (χ1) is 52.6. The van der Waals surface area contributed by atoms with Crippen LogP contribution in [-0.2, 0) is 92.2 Å². The van der Waals surface area contributed by atoms with E-state index in [1.54, 1.807) is 33.8 Å². The third-order valence-electron chi connectivity index (χ3n) is 22.9. The number of hydrogen-bond donors (Lipinski definition) is 3. The summed E-state index contributed by atoms with van der Waals surface area (Å²) in [5.74, 6) is -15.3. The normalized spacial score (nSPS) is 26.7. The molecule has 4 aliphatic heterocycles. The average Bonchev–Trinajstić information content (AvgIpc) is 1.08. The van der Waals surface area contributed by atoms with E-state index in [1.165, 1.54) is 45.0 Å². The quantitative estimate of drug-likeness (QED) is 0.156. The zero-order chi connectivity index (χ0) is 82.8. The summed E-state index contributed by atoms with van der Waals surface area (Å²) in [5.41, 5.74) is -4.73. The molecule has 8 rings (SSSR count). The highest BCUT2D eigenvalue weighted by Gasteiger charge is 2.54. The number of benzene rings is 2. The lowest BCUT2D eigenvalue weighted by Crippen LogP contribution is -2.68. The minimum atomic E-state index is -5.46. The lowest BCUT2D eigenvalue weighted by molar-refractivity contribution is -0.159. The van der Waals surface area contributed by atoms with E-state index in [1.807, 2.05) is 13.8 Å². The summed E-state index contributed by atoms with van der Waals surface area (Å²) in [5, 5.41) is 8.32. The number of aryl methyl sites for hydroxylation is 1. The van der Waals surface area contributed by atoms with Crippen molar-refractivity contribution >= 4 is 70.9 Å². The van der Waals surface area contributed by atoms with Crippen LogP contribution in [0.2, 0.25) is 0 Å². The number of nitrogens with one attached hydrogen (secondary N) is 3. The van der Waals surface area contributed by atoms with Crippen LogP contribution >= 0.6 is 0 Å². The van der Waals surface area contributed by atoms with Gasteiger partial charge in [-0.15, -0.1) is 0 Å². The van der Waals surface area contributed by atoms with Crippen LogP contribution in [-0.4, -0.2) is 276 Å². The standard InChI is InChI=1S/C78H108F8N12O14/c1-13-47(6)65-73(108)91(8)44-63(101)92(9)56-22-17-19-46(5)41-97(72(56)107)60(38-48-23-26-51(27-24-48)77(81,82)83)70(105)90(7)43-61(99)87-55(28-25-49-36-53(79)64(54(80)37-49)78(84,85)86)69(104)98-42-52(112-14-2)39-58(98)68(103)89-76(29-18-30-76)75(110)95(12)66(50-20-15-16-21-50)74(109)94(11)59(71(106)96-31-33-111-34-32-96)40-62(100)93(10)57(35-45(3)4)67(102)88-65/h19,23-24,26-27,36-37,45,47,50,52,55-60,65-66H,13-18,20-22,25,28-35,38-44H2,1-12H3,(H,87,99)(H,88,102)(H,89,103)/b46-19-/t47-,52+,55-,56-,57-,58?,59-,60-,65-,66-/m0/s1. The second-order valence-electron chi connectivity index (χ2n) is 31.3. The second kappa shape index (κ2) is 37.9. The van der Waals surface area contributed by atoms with Crippen molar-refractivity contribution in [1.29, 1.82) is 0 Å². The molecule has 2 aliphatic carbocycles. The number of halogens is 8. The van der Waals surface area contributed by atoms with Gasteiger partial charge in [0.1, 0.15) is 71.1 Å². The van der Waals surface area contributed by atoms with Crippen LogP contribution in [0.1, 0.15) is 154 Å². The predicted octanol–water partition coefficient (Wildman–Crippen LogP) is 5.90. The minimum Gasteiger partial charge on any atom is -0.378 e. The lowest BCUT2D eigenvalue weighted by atomic mass is 9.74. The maximum Gasteiger partial charge on any atom is 0.422 e. The van der Waals surface area contributed by atoms with Gasteiger partial charge in [0.05, 0.1) is 44.4 Å². The SMILES string of the molecule is CCO[C@@H]1CC2C(=O)NC3(CCC3)C(=O)N(C)[C@@H](C3CCCC3)C(=O)N(C)[C@H](C(=O)N3CCOCC3)CC(=O)N(C)[C@@H](CC(C)C)C(=O)N[C@@H]([C@@H](C)CC)C(=O)N(C)CC(=O)N(C)[C@H]3CC/C=C(/C)CN(C3=O)[C@@H](Cc3ccc(C(F)(F)F)cc3)C(=O)N(C)CC(=O)N[C@@H](CCc3cc(F)c(C(F)(F)F)c(F)c3)C(=O)N2C1. The Morgan fingerprint density at radius 2 is 1.29 bits per heavy atom. The molecule has 12 amide bonds. The molecule has 34 heteroatoms. The summed E-state index contributed by atoms with van der Waals surface area (Å²) in [7, 11) is 7.89. The molecule has 2 saturated carbocycles. The number of rotatable bonds is 13. The Balaban J connectivity index is 1.24. The summed E-state index contributed by atoms with van der Waals surface area (Å²) in [6.07, 6.45) is -8.87. The van der Waals surface area contributed by atoms with Gasteiger partial charge in [-0.05, 0) is 131 Å². The number of hydrogen-bond acceptors (Lipinski definition) is 14. The highest BCUT2D eigenvalue weighted by Crippen LogP contribution is 2.40. The van der Waals surface area contributed by atoms with Gasteiger partial charge >= 0.3 is 12.4 Å². The van der Waals surface area contributed by atoms with Crippen LogP contribution in [0.25, 0.3) is 0 Å². The maximum atomic E-state index is 15.7. The Morgan fingerprint density at radius 3 is 1.86 bits per heavy atom. The highest BCUT2D eigenvalue weighted by molar-refractivity contribution is 6.01. The zero-order valence-electron chi connectivity index (χ0n) is 65.9. The monoisotopic (exact) mass is 1590 g/mol. The molecular formula is C78H108F8N12O14. The number of nitrogens with zero attached hydrogens (tertiary/aromatic N) is 9. The zero-order valence-corrected chi connectivity index (χ0v) is 65.9. The van der Waals surface area contributed by atoms with Gasteiger partial charge in [-0.1, -0.05) is 70.7 Å². The first-order valence-corrected chi connectivity index (χ1v) is 38.6. The van der Waals surface area contributed by atoms with Crippen molar-refractivity contribution in [1.82, 2.24) is 60.0 Å². The third-order valence-corrected chi connectivity index (χ3v) is 22.9. The number of likely N-dealkylation sites (N-methyl/N-ethyl adjacent to an activating group) is 6. The predicted molar refractivity (Wildman–Crippen MR) is 392 cm³/mol. The second-order valence-corrected chi connectivity index (χ2v) is 31.3. The Kier molecular flexibility index (Phi) is 30.0. The van der Waals surface area contributed by atoms with Gasteiger partial charge < -0.3 is 69.5 Å². The Bertz CT molecular complexity index is 3790. The van der Waals surface area contributed by atoms with Crippen molar-refractivity contribution in [2.75, 3.05) is 101 Å². The summed E-state index contributed by atoms with van der Waals surface area (Å²) in [4.78, 5) is 193. The van der Waals surface area contributed by atoms with Gasteiger partial charge in [0.25, 0.3) is 0 Å². The molecule has 0 radical (unpaired) electrons. The van der Waals surface area contributed by atoms with Crippen LogP contribution in [0, 0.1) is 29.4 Å². The van der Waals surface area contributed by atoms with E-state index < -0.39 is 222 Å². The van der Waals surface area contributed by atoms with Gasteiger partial charge in [0.2, 0.25) is 70.9 Å². The molecule has 1 unspecified atom stereocenters. The van der Waals surface area contributed by atoms with Crippen LogP contribution in [0.4, 0.5) is 35.1 Å². The average molecular weight is 1590 g/mol. The molecule has 10 atom stereocenters. The van der Waals surface area contributed by atoms with Gasteiger partial charge in [-0.25, -0.2) is 8.78 Å². The Labute approximate surface area is 648 Å². The topological polar surface area (TPSA) is 289 Å². The van der Waals surface area contributed by atoms with Crippen LogP contribution < -0.4 is 16.0 Å². The van der Waals surface area contributed by atoms with Gasteiger partial charge in [-0.3, -0.25) is 57.5 Å². The Morgan fingerprint density at radius 1 is 0.661 bits per heavy atom. The molecule has 2 aromatic carbocycles. The molecule has 3 N–H and O–H groups in total. The molecule has 620 valence electrons. The first kappa shape index (κ1) is 88.7. The van der Waals surface area contributed by atoms with Gasteiger partial charge in [0, 0.05) is 87.9 Å². The number of ether oxygens (including phenoxy) is 2. The van der Waals surface area contributed by atoms with E-state index in [0.29, 0.717) is 56.2 Å². The van der Waals surface area contributed by atoms with Crippen LogP contribution in [0.15, 0.2) is 48.0 Å². The molecule has 112 heavy (non-hydrogen) atoms. The van der Waals surface area contributed by atoms with E-state index in [-0.39, 0.29) is 96.0 Å². The van der Waals surface area contributed by atoms with Crippen LogP contribution in [0.3, 0.4) is 0 Å². The molecule has 4 heterocycles. The number of amides is 12. The van der Waals surface area contributed by atoms with E-state index in [2.05, 4.69) is 16.0 Å². The molecule has 0 aromatic heterocycles. The largest absolute Gasteiger partial charge is 0.422 e. The summed E-state index contributed by atoms with van der Waals surface area (Å²) in [6.45, 7) is 8.58. The van der Waals surface area contributed by atoms with Gasteiger partial charge in [0.15, 0.2) is 0 Å². The van der Waals surface area contributed by atoms with Crippen molar-refractivity contribution in [3.05, 3.63) is 81.9 Å². The van der Waals surface area contributed by atoms with Gasteiger partial charge in [-0.2, -0.15) is 26.3 Å². The molecule has 5 fully saturated rings. The van der Waals surface area contributed by atoms with Crippen molar-refractivity contribution in [2.24, 2.45) is 17.8 Å². The number of carbonyl (C=O) groups excluding carboxylic acids is 12. The fraction of sp³-hybridized carbons (Fsp3) is 0.667. The minimum absolute atomic E-state index is 0.0296. The number of fused-ring (bicyclic) bond motifs is 3. The van der Waals surface area contributed by atoms with E-state index in [9.17, 15) is 40.7 Å². The smallest absolute Gasteiger partial charge is 0.378 e. The molecule has 2 bridgehead atoms. The maximum absolute atomic E-state index is 15.7. The molecular weight excluding hydrogens is 1480 g/mol. The number of alkyl halides is 6. The number of morpholine rings is 1. The van der Waals surface area contributed by atoms with Crippen LogP contribution in [0.5, 0.6) is 0 Å². The first-order valence-electron chi connectivity index (χ1n) is 38.6. The molecule has 2 aromatic rings. The highest BCUT2D eigenvalue weighted by atomic mass is 19.4. The van der Waals surface area contributed by atoms with E-state index >= 15 is 51.9 Å². The molecule has 26 nitrogen and oxygen atoms in total. The van der Waals surface area contributed by atoms with Crippen molar-refractivity contribution in [3.63, 3.8) is 0 Å². The summed E-state index contributed by atoms with van der Waals surface area (Å²) >= 11 is 0. The molecule has 1 spiro atoms. The summed E-state index contributed by atoms with van der Waals surface area (Å²) in [6, 6.07) is -7.36. The molecule has 3 saturated heterocycles. The fourth-order valence-electron chi connectivity index (χ4n) is 16.0. The fourth-order valence-corrected chi connectivity index (χ4v) is 16.0.